The zero-order chi connectivity index (χ0) is 15.2. The number of nitrogens with one attached hydrogen (secondary N) is 2. The van der Waals surface area contributed by atoms with Gasteiger partial charge in [0.1, 0.15) is 0 Å². The summed E-state index contributed by atoms with van der Waals surface area (Å²) in [6.45, 7) is 2.04. The van der Waals surface area contributed by atoms with Crippen molar-refractivity contribution in [3.8, 4) is 6.07 Å². The lowest BCUT2D eigenvalue weighted by atomic mass is 10.2. The van der Waals surface area contributed by atoms with Crippen molar-refractivity contribution < 1.29 is 4.79 Å². The van der Waals surface area contributed by atoms with Gasteiger partial charge in [-0.15, -0.1) is 0 Å². The molecule has 0 unspecified atom stereocenters. The molecule has 0 saturated carbocycles. The van der Waals surface area contributed by atoms with Gasteiger partial charge in [0.05, 0.1) is 18.2 Å². The average molecular weight is 300 g/mol. The van der Waals surface area contributed by atoms with E-state index in [1.807, 2.05) is 19.1 Å². The maximum atomic E-state index is 11.8. The molecule has 0 heterocycles. The second kappa shape index (κ2) is 6.78. The Morgan fingerprint density at radius 2 is 1.86 bits per heavy atom. The van der Waals surface area contributed by atoms with Gasteiger partial charge in [-0.3, -0.25) is 4.79 Å². The molecule has 5 heteroatoms. The van der Waals surface area contributed by atoms with Gasteiger partial charge >= 0.3 is 0 Å². The summed E-state index contributed by atoms with van der Waals surface area (Å²) >= 11 is 6.01. The Labute approximate surface area is 128 Å². The Morgan fingerprint density at radius 1 is 1.19 bits per heavy atom. The summed E-state index contributed by atoms with van der Waals surface area (Å²) < 4.78 is 0. The van der Waals surface area contributed by atoms with E-state index in [0.717, 1.165) is 11.3 Å². The molecule has 106 valence electrons. The molecule has 0 spiro atoms. The molecule has 0 aliphatic carbocycles. The zero-order valence-corrected chi connectivity index (χ0v) is 12.2. The van der Waals surface area contributed by atoms with Gasteiger partial charge in [-0.2, -0.15) is 5.26 Å². The van der Waals surface area contributed by atoms with Crippen molar-refractivity contribution in [3.05, 3.63) is 58.6 Å². The topological polar surface area (TPSA) is 64.9 Å². The number of rotatable bonds is 4. The normalized spacial score (nSPS) is 9.76. The minimum Gasteiger partial charge on any atom is -0.376 e. The van der Waals surface area contributed by atoms with Crippen LogP contribution in [0.25, 0.3) is 0 Å². The van der Waals surface area contributed by atoms with Crippen LogP contribution in [0.2, 0.25) is 5.02 Å². The smallest absolute Gasteiger partial charge is 0.243 e. The first-order chi connectivity index (χ1) is 10.1. The van der Waals surface area contributed by atoms with Crippen molar-refractivity contribution in [2.75, 3.05) is 17.2 Å². The summed E-state index contributed by atoms with van der Waals surface area (Å²) in [4.78, 5) is 11.8. The van der Waals surface area contributed by atoms with E-state index in [4.69, 9.17) is 16.9 Å². The summed E-state index contributed by atoms with van der Waals surface area (Å²) in [5, 5.41) is 15.1. The number of benzene rings is 2. The summed E-state index contributed by atoms with van der Waals surface area (Å²) in [6, 6.07) is 14.3. The molecule has 2 N–H and O–H groups in total. The summed E-state index contributed by atoms with van der Waals surface area (Å²) in [5.41, 5.74) is 2.99. The molecule has 0 aliphatic heterocycles. The minimum absolute atomic E-state index is 0.136. The first-order valence-corrected chi connectivity index (χ1v) is 6.76. The fraction of sp³-hybridized carbons (Fsp3) is 0.125. The van der Waals surface area contributed by atoms with Crippen LogP contribution in [0.5, 0.6) is 0 Å². The molecule has 0 fully saturated rings. The second-order valence-corrected chi connectivity index (χ2v) is 4.96. The summed E-state index contributed by atoms with van der Waals surface area (Å²) in [5.74, 6) is -0.167. The number of amides is 1. The van der Waals surface area contributed by atoms with Crippen LogP contribution in [0.15, 0.2) is 42.5 Å². The van der Waals surface area contributed by atoms with Gasteiger partial charge in [0.15, 0.2) is 0 Å². The fourth-order valence-electron chi connectivity index (χ4n) is 1.72. The third kappa shape index (κ3) is 4.23. The molecule has 21 heavy (non-hydrogen) atoms. The molecule has 0 atom stereocenters. The van der Waals surface area contributed by atoms with E-state index in [2.05, 4.69) is 10.6 Å². The number of nitriles is 1. The van der Waals surface area contributed by atoms with Crippen molar-refractivity contribution in [2.24, 2.45) is 0 Å². The maximum absolute atomic E-state index is 11.8. The third-order valence-electron chi connectivity index (χ3n) is 2.92. The number of halogens is 1. The molecule has 2 rings (SSSR count). The van der Waals surface area contributed by atoms with Gasteiger partial charge in [0.25, 0.3) is 0 Å². The maximum Gasteiger partial charge on any atom is 0.243 e. The van der Waals surface area contributed by atoms with Crippen LogP contribution in [0, 0.1) is 18.3 Å². The van der Waals surface area contributed by atoms with Crippen LogP contribution in [0.4, 0.5) is 11.4 Å². The number of aryl methyl sites for hydroxylation is 1. The van der Waals surface area contributed by atoms with E-state index in [0.29, 0.717) is 16.3 Å². The van der Waals surface area contributed by atoms with Crippen molar-refractivity contribution in [1.29, 1.82) is 5.26 Å². The van der Waals surface area contributed by atoms with E-state index in [9.17, 15) is 4.79 Å². The number of anilines is 2. The Morgan fingerprint density at radius 3 is 2.48 bits per heavy atom. The largest absolute Gasteiger partial charge is 0.376 e. The lowest BCUT2D eigenvalue weighted by Gasteiger charge is -2.09. The van der Waals surface area contributed by atoms with Gasteiger partial charge in [-0.25, -0.2) is 0 Å². The van der Waals surface area contributed by atoms with Gasteiger partial charge < -0.3 is 10.6 Å². The molecule has 0 aromatic heterocycles. The highest BCUT2D eigenvalue weighted by molar-refractivity contribution is 6.31. The Kier molecular flexibility index (Phi) is 4.81. The summed E-state index contributed by atoms with van der Waals surface area (Å²) in [7, 11) is 0. The fourth-order valence-corrected chi connectivity index (χ4v) is 1.90. The van der Waals surface area contributed by atoms with Crippen LogP contribution in [0.1, 0.15) is 11.1 Å². The van der Waals surface area contributed by atoms with Crippen LogP contribution in [-0.4, -0.2) is 12.5 Å². The van der Waals surface area contributed by atoms with Gasteiger partial charge in [0.2, 0.25) is 5.91 Å². The Bertz CT molecular complexity index is 690. The monoisotopic (exact) mass is 299 g/mol. The number of carbonyl (C=O) groups excluding carboxylic acids is 1. The lowest BCUT2D eigenvalue weighted by Crippen LogP contribution is -2.21. The summed E-state index contributed by atoms with van der Waals surface area (Å²) in [6.07, 6.45) is 0. The Balaban J connectivity index is 1.89. The predicted molar refractivity (Wildman–Crippen MR) is 84.5 cm³/mol. The average Bonchev–Trinajstić information content (AvgIpc) is 2.49. The van der Waals surface area contributed by atoms with Crippen molar-refractivity contribution in [1.82, 2.24) is 0 Å². The highest BCUT2D eigenvalue weighted by Crippen LogP contribution is 2.19. The first-order valence-electron chi connectivity index (χ1n) is 6.38. The molecule has 0 bridgehead atoms. The van der Waals surface area contributed by atoms with Crippen LogP contribution in [0.3, 0.4) is 0 Å². The molecular weight excluding hydrogens is 286 g/mol. The number of hydrogen-bond acceptors (Lipinski definition) is 3. The molecule has 2 aromatic carbocycles. The van der Waals surface area contributed by atoms with E-state index in [1.54, 1.807) is 36.4 Å². The van der Waals surface area contributed by atoms with Crippen molar-refractivity contribution >= 4 is 28.9 Å². The van der Waals surface area contributed by atoms with Gasteiger partial charge in [-0.1, -0.05) is 17.7 Å². The third-order valence-corrected chi connectivity index (χ3v) is 3.33. The standard InChI is InChI=1S/C16H14ClN3O/c1-11-2-5-14(8-15(11)17)20-16(21)10-19-13-6-3-12(9-18)4-7-13/h2-8,19H,10H2,1H3,(H,20,21). The van der Waals surface area contributed by atoms with Crippen LogP contribution >= 0.6 is 11.6 Å². The zero-order valence-electron chi connectivity index (χ0n) is 11.5. The van der Waals surface area contributed by atoms with Crippen LogP contribution in [-0.2, 0) is 4.79 Å². The van der Waals surface area contributed by atoms with Crippen molar-refractivity contribution in [2.45, 2.75) is 6.92 Å². The van der Waals surface area contributed by atoms with E-state index in [1.165, 1.54) is 0 Å². The molecule has 4 nitrogen and oxygen atoms in total. The quantitative estimate of drug-likeness (QED) is 0.907. The van der Waals surface area contributed by atoms with E-state index < -0.39 is 0 Å². The van der Waals surface area contributed by atoms with Gasteiger partial charge in [0, 0.05) is 16.4 Å². The second-order valence-electron chi connectivity index (χ2n) is 4.55. The SMILES string of the molecule is Cc1ccc(NC(=O)CNc2ccc(C#N)cc2)cc1Cl. The first kappa shape index (κ1) is 14.9. The highest BCUT2D eigenvalue weighted by Gasteiger charge is 2.04. The molecule has 2 aromatic rings. The molecule has 1 amide bonds. The van der Waals surface area contributed by atoms with Crippen LogP contribution < -0.4 is 10.6 Å². The number of carbonyl (C=O) groups is 1. The van der Waals surface area contributed by atoms with Crippen molar-refractivity contribution in [3.63, 3.8) is 0 Å². The van der Waals surface area contributed by atoms with E-state index in [-0.39, 0.29) is 12.5 Å². The minimum atomic E-state index is -0.167. The number of hydrogen-bond donors (Lipinski definition) is 2. The number of nitrogens with zero attached hydrogens (tertiary/aromatic N) is 1. The van der Waals surface area contributed by atoms with Gasteiger partial charge in [-0.05, 0) is 48.9 Å². The molecule has 0 aliphatic rings. The molecule has 0 radical (unpaired) electrons. The predicted octanol–water partition coefficient (Wildman–Crippen LogP) is 3.57. The Hall–Kier alpha value is -2.51. The highest BCUT2D eigenvalue weighted by atomic mass is 35.5. The molecular formula is C16H14ClN3O. The molecule has 0 saturated heterocycles. The van der Waals surface area contributed by atoms with E-state index >= 15 is 0 Å². The lowest BCUT2D eigenvalue weighted by molar-refractivity contribution is -0.114.